The fourth-order valence-corrected chi connectivity index (χ4v) is 2.62. The summed E-state index contributed by atoms with van der Waals surface area (Å²) < 4.78 is 0. The van der Waals surface area contributed by atoms with Crippen LogP contribution in [-0.4, -0.2) is 30.6 Å². The van der Waals surface area contributed by atoms with Gasteiger partial charge in [-0.15, -0.1) is 0 Å². The third-order valence-electron chi connectivity index (χ3n) is 3.86. The summed E-state index contributed by atoms with van der Waals surface area (Å²) in [6, 6.07) is 0.834. The van der Waals surface area contributed by atoms with Crippen molar-refractivity contribution in [1.29, 1.82) is 0 Å². The molecule has 0 aromatic heterocycles. The van der Waals surface area contributed by atoms with Gasteiger partial charge in [0.15, 0.2) is 0 Å². The van der Waals surface area contributed by atoms with E-state index in [1.54, 1.807) is 0 Å². The lowest BCUT2D eigenvalue weighted by Gasteiger charge is -2.36. The fraction of sp³-hybridized carbons (Fsp3) is 1.00. The van der Waals surface area contributed by atoms with Crippen molar-refractivity contribution in [3.05, 3.63) is 0 Å². The number of hydrogen-bond donors (Lipinski definition) is 1. The lowest BCUT2D eigenvalue weighted by Crippen LogP contribution is -2.41. The van der Waals surface area contributed by atoms with E-state index in [0.29, 0.717) is 5.92 Å². The predicted octanol–water partition coefficient (Wildman–Crippen LogP) is 2.48. The molecule has 0 aromatic carbocycles. The van der Waals surface area contributed by atoms with E-state index in [2.05, 4.69) is 25.7 Å². The largest absolute Gasteiger partial charge is 0.330 e. The SMILES string of the molecule is CCN(CC(C)CN)C1CCC(C)CC1. The van der Waals surface area contributed by atoms with Crippen molar-refractivity contribution in [3.8, 4) is 0 Å². The van der Waals surface area contributed by atoms with Crippen LogP contribution in [-0.2, 0) is 0 Å². The van der Waals surface area contributed by atoms with Gasteiger partial charge in [-0.2, -0.15) is 0 Å². The van der Waals surface area contributed by atoms with Crippen LogP contribution in [0.15, 0.2) is 0 Å². The quantitative estimate of drug-likeness (QED) is 0.758. The Hall–Kier alpha value is -0.0800. The topological polar surface area (TPSA) is 29.3 Å². The Labute approximate surface area is 95.2 Å². The van der Waals surface area contributed by atoms with E-state index in [-0.39, 0.29) is 0 Å². The highest BCUT2D eigenvalue weighted by Crippen LogP contribution is 2.27. The Morgan fingerprint density at radius 2 is 1.87 bits per heavy atom. The molecule has 1 rings (SSSR count). The molecule has 1 fully saturated rings. The minimum atomic E-state index is 0.643. The molecule has 0 radical (unpaired) electrons. The summed E-state index contributed by atoms with van der Waals surface area (Å²) in [5, 5.41) is 0. The maximum Gasteiger partial charge on any atom is 0.00954 e. The maximum absolute atomic E-state index is 5.70. The summed E-state index contributed by atoms with van der Waals surface area (Å²) in [5.74, 6) is 1.59. The minimum Gasteiger partial charge on any atom is -0.330 e. The Morgan fingerprint density at radius 3 is 2.33 bits per heavy atom. The zero-order chi connectivity index (χ0) is 11.3. The van der Waals surface area contributed by atoms with E-state index in [9.17, 15) is 0 Å². The van der Waals surface area contributed by atoms with Crippen LogP contribution in [0.3, 0.4) is 0 Å². The Bertz CT molecular complexity index is 162. The van der Waals surface area contributed by atoms with Gasteiger partial charge in [-0.3, -0.25) is 0 Å². The van der Waals surface area contributed by atoms with Gasteiger partial charge in [-0.05, 0) is 50.6 Å². The highest BCUT2D eigenvalue weighted by Gasteiger charge is 2.23. The van der Waals surface area contributed by atoms with Crippen molar-refractivity contribution in [2.45, 2.75) is 52.5 Å². The van der Waals surface area contributed by atoms with Gasteiger partial charge in [0, 0.05) is 12.6 Å². The molecule has 1 unspecified atom stereocenters. The summed E-state index contributed by atoms with van der Waals surface area (Å²) >= 11 is 0. The average Bonchev–Trinajstić information content (AvgIpc) is 2.27. The molecule has 2 heteroatoms. The molecule has 1 aliphatic carbocycles. The van der Waals surface area contributed by atoms with Crippen LogP contribution in [0.1, 0.15) is 46.5 Å². The molecule has 2 N–H and O–H groups in total. The van der Waals surface area contributed by atoms with Gasteiger partial charge in [0.25, 0.3) is 0 Å². The normalized spacial score (nSPS) is 29.4. The molecule has 0 bridgehead atoms. The van der Waals surface area contributed by atoms with Crippen molar-refractivity contribution in [1.82, 2.24) is 4.90 Å². The van der Waals surface area contributed by atoms with Gasteiger partial charge in [-0.25, -0.2) is 0 Å². The summed E-state index contributed by atoms with van der Waals surface area (Å²) in [7, 11) is 0. The molecular formula is C13H28N2. The number of hydrogen-bond acceptors (Lipinski definition) is 2. The van der Waals surface area contributed by atoms with E-state index >= 15 is 0 Å². The van der Waals surface area contributed by atoms with Crippen molar-refractivity contribution >= 4 is 0 Å². The van der Waals surface area contributed by atoms with Gasteiger partial charge in [0.2, 0.25) is 0 Å². The molecular weight excluding hydrogens is 184 g/mol. The second-order valence-electron chi connectivity index (χ2n) is 5.34. The first-order valence-corrected chi connectivity index (χ1v) is 6.61. The first-order chi connectivity index (χ1) is 7.17. The molecule has 90 valence electrons. The molecule has 0 spiro atoms. The summed E-state index contributed by atoms with van der Waals surface area (Å²) in [5.41, 5.74) is 5.70. The van der Waals surface area contributed by atoms with Crippen LogP contribution in [0, 0.1) is 11.8 Å². The number of nitrogens with zero attached hydrogens (tertiary/aromatic N) is 1. The number of nitrogens with two attached hydrogens (primary N) is 1. The lowest BCUT2D eigenvalue weighted by atomic mass is 9.86. The van der Waals surface area contributed by atoms with Gasteiger partial charge in [-0.1, -0.05) is 20.8 Å². The van der Waals surface area contributed by atoms with E-state index in [0.717, 1.165) is 18.5 Å². The monoisotopic (exact) mass is 212 g/mol. The third kappa shape index (κ3) is 4.12. The number of rotatable bonds is 5. The summed E-state index contributed by atoms with van der Waals surface area (Å²) in [4.78, 5) is 2.64. The standard InChI is InChI=1S/C13H28N2/c1-4-15(10-12(3)9-14)13-7-5-11(2)6-8-13/h11-13H,4-10,14H2,1-3H3. The fourth-order valence-electron chi connectivity index (χ4n) is 2.62. The first-order valence-electron chi connectivity index (χ1n) is 6.61. The molecule has 0 heterocycles. The smallest absolute Gasteiger partial charge is 0.00954 e. The molecule has 15 heavy (non-hydrogen) atoms. The Balaban J connectivity index is 2.37. The van der Waals surface area contributed by atoms with Crippen molar-refractivity contribution < 1.29 is 0 Å². The van der Waals surface area contributed by atoms with Crippen LogP contribution in [0.25, 0.3) is 0 Å². The molecule has 1 atom stereocenters. The molecule has 0 saturated heterocycles. The van der Waals surface area contributed by atoms with Crippen LogP contribution in [0.2, 0.25) is 0 Å². The van der Waals surface area contributed by atoms with E-state index in [1.807, 2.05) is 0 Å². The van der Waals surface area contributed by atoms with E-state index in [4.69, 9.17) is 5.73 Å². The first kappa shape index (κ1) is 13.0. The third-order valence-corrected chi connectivity index (χ3v) is 3.86. The maximum atomic E-state index is 5.70. The van der Waals surface area contributed by atoms with Gasteiger partial charge in [0.1, 0.15) is 0 Å². The molecule has 0 amide bonds. The zero-order valence-corrected chi connectivity index (χ0v) is 10.7. The lowest BCUT2D eigenvalue weighted by molar-refractivity contribution is 0.130. The van der Waals surface area contributed by atoms with Gasteiger partial charge in [0.05, 0.1) is 0 Å². The molecule has 2 nitrogen and oxygen atoms in total. The Morgan fingerprint density at radius 1 is 1.27 bits per heavy atom. The van der Waals surface area contributed by atoms with Crippen molar-refractivity contribution in [2.24, 2.45) is 17.6 Å². The predicted molar refractivity (Wildman–Crippen MR) is 66.9 cm³/mol. The minimum absolute atomic E-state index is 0.643. The average molecular weight is 212 g/mol. The molecule has 0 aromatic rings. The summed E-state index contributed by atoms with van der Waals surface area (Å²) in [6.07, 6.45) is 5.62. The second-order valence-corrected chi connectivity index (χ2v) is 5.34. The zero-order valence-electron chi connectivity index (χ0n) is 10.7. The van der Waals surface area contributed by atoms with Gasteiger partial charge >= 0.3 is 0 Å². The van der Waals surface area contributed by atoms with Crippen LogP contribution in [0.4, 0.5) is 0 Å². The van der Waals surface area contributed by atoms with Gasteiger partial charge < -0.3 is 10.6 Å². The van der Waals surface area contributed by atoms with Crippen molar-refractivity contribution in [3.63, 3.8) is 0 Å². The van der Waals surface area contributed by atoms with Crippen LogP contribution in [0.5, 0.6) is 0 Å². The molecule has 1 saturated carbocycles. The highest BCUT2D eigenvalue weighted by atomic mass is 15.2. The Kier molecular flexibility index (Phi) is 5.62. The second kappa shape index (κ2) is 6.49. The summed E-state index contributed by atoms with van der Waals surface area (Å²) in [6.45, 7) is 10.1. The van der Waals surface area contributed by atoms with E-state index < -0.39 is 0 Å². The van der Waals surface area contributed by atoms with Crippen molar-refractivity contribution in [2.75, 3.05) is 19.6 Å². The highest BCUT2D eigenvalue weighted by molar-refractivity contribution is 4.78. The van der Waals surface area contributed by atoms with Crippen LogP contribution < -0.4 is 5.73 Å². The van der Waals surface area contributed by atoms with Crippen LogP contribution >= 0.6 is 0 Å². The molecule has 0 aliphatic heterocycles. The molecule has 1 aliphatic rings. The van der Waals surface area contributed by atoms with E-state index in [1.165, 1.54) is 38.8 Å².